The minimum absolute atomic E-state index is 0.137. The molecule has 1 amide bonds. The highest BCUT2D eigenvalue weighted by Gasteiger charge is 2.27. The number of nitrogens with zero attached hydrogens (tertiary/aromatic N) is 1. The summed E-state index contributed by atoms with van der Waals surface area (Å²) in [5, 5.41) is 3.18. The fourth-order valence-electron chi connectivity index (χ4n) is 3.42. The number of thiophene rings is 1. The molecule has 1 atom stereocenters. The smallest absolute Gasteiger partial charge is 0.272 e. The Hall–Kier alpha value is -2.24. The Morgan fingerprint density at radius 1 is 1.17 bits per heavy atom. The highest BCUT2D eigenvalue weighted by Crippen LogP contribution is 2.50. The van der Waals surface area contributed by atoms with Crippen LogP contribution in [0.5, 0.6) is 0 Å². The van der Waals surface area contributed by atoms with Gasteiger partial charge in [0.15, 0.2) is 0 Å². The monoisotopic (exact) mass is 440 g/mol. The van der Waals surface area contributed by atoms with Gasteiger partial charge in [-0.25, -0.2) is 10.9 Å². The van der Waals surface area contributed by atoms with Crippen molar-refractivity contribution in [1.29, 1.82) is 0 Å². The lowest BCUT2D eigenvalue weighted by atomic mass is 9.97. The van der Waals surface area contributed by atoms with Crippen LogP contribution in [0.25, 0.3) is 10.4 Å². The van der Waals surface area contributed by atoms with E-state index in [4.69, 9.17) is 10.4 Å². The van der Waals surface area contributed by atoms with Crippen molar-refractivity contribution in [2.75, 3.05) is 11.7 Å². The third-order valence-electron chi connectivity index (χ3n) is 5.24. The number of nitrogens with two attached hydrogens (primary N) is 1. The molecule has 1 heterocycles. The molecule has 4 rings (SSSR count). The number of carbonyl (C=O) groups is 1. The standard InChI is InChI=1S/C23H25N2O3PS/c1-29(27,28-21-7-3-8-21)16-17-10-12-18(13-11-17)23(26)25(24)20-6-2-5-19(15-20)22-9-4-14-30-22/h2,4-6,9-15,21H,3,7-8,16,24H2,1H3. The van der Waals surface area contributed by atoms with Crippen molar-refractivity contribution in [1.82, 2.24) is 0 Å². The molecule has 1 saturated carbocycles. The van der Waals surface area contributed by atoms with E-state index >= 15 is 0 Å². The maximum Gasteiger partial charge on any atom is 0.272 e. The lowest BCUT2D eigenvalue weighted by Crippen LogP contribution is -2.37. The molecule has 0 spiro atoms. The SMILES string of the molecule is CP(=O)(Cc1ccc(C(=O)N(N)c2cccc(-c3cccs3)c2)cc1)OC1CCC1. The zero-order valence-electron chi connectivity index (χ0n) is 16.9. The van der Waals surface area contributed by atoms with Gasteiger partial charge in [-0.05, 0) is 66.1 Å². The van der Waals surface area contributed by atoms with Gasteiger partial charge in [0.2, 0.25) is 7.37 Å². The number of hydrazine groups is 1. The first-order valence-electron chi connectivity index (χ1n) is 9.98. The van der Waals surface area contributed by atoms with E-state index in [1.807, 2.05) is 53.9 Å². The van der Waals surface area contributed by atoms with E-state index < -0.39 is 7.37 Å². The Bertz CT molecular complexity index is 1060. The summed E-state index contributed by atoms with van der Waals surface area (Å²) in [6, 6.07) is 18.7. The van der Waals surface area contributed by atoms with E-state index in [0.29, 0.717) is 17.4 Å². The van der Waals surface area contributed by atoms with Crippen LogP contribution in [0.1, 0.15) is 35.2 Å². The van der Waals surface area contributed by atoms with Gasteiger partial charge < -0.3 is 4.52 Å². The Balaban J connectivity index is 1.44. The van der Waals surface area contributed by atoms with Gasteiger partial charge in [0.25, 0.3) is 5.91 Å². The molecule has 1 fully saturated rings. The molecular weight excluding hydrogens is 415 g/mol. The van der Waals surface area contributed by atoms with E-state index in [-0.39, 0.29) is 12.0 Å². The lowest BCUT2D eigenvalue weighted by Gasteiger charge is -2.28. The average Bonchev–Trinajstić information content (AvgIpc) is 3.25. The molecule has 156 valence electrons. The maximum atomic E-state index is 12.9. The number of carbonyl (C=O) groups excluding carboxylic acids is 1. The summed E-state index contributed by atoms with van der Waals surface area (Å²) in [5.41, 5.74) is 3.02. The van der Waals surface area contributed by atoms with Crippen molar-refractivity contribution in [3.8, 4) is 10.4 Å². The van der Waals surface area contributed by atoms with Gasteiger partial charge in [-0.1, -0.05) is 30.3 Å². The van der Waals surface area contributed by atoms with Crippen molar-refractivity contribution in [2.24, 2.45) is 5.84 Å². The molecule has 1 unspecified atom stereocenters. The van der Waals surface area contributed by atoms with Crippen LogP contribution >= 0.6 is 18.7 Å². The number of anilines is 1. The molecule has 0 radical (unpaired) electrons. The van der Waals surface area contributed by atoms with Crippen molar-refractivity contribution in [3.05, 3.63) is 77.2 Å². The molecule has 0 saturated heterocycles. The molecular formula is C23H25N2O3PS. The Kier molecular flexibility index (Phi) is 6.21. The van der Waals surface area contributed by atoms with Crippen LogP contribution in [0.4, 0.5) is 5.69 Å². The van der Waals surface area contributed by atoms with Crippen LogP contribution in [0.15, 0.2) is 66.0 Å². The minimum Gasteiger partial charge on any atom is -0.325 e. The second-order valence-corrected chi connectivity index (χ2v) is 11.2. The first-order chi connectivity index (χ1) is 14.4. The predicted molar refractivity (Wildman–Crippen MR) is 123 cm³/mol. The summed E-state index contributed by atoms with van der Waals surface area (Å²) in [4.78, 5) is 14.0. The first kappa shape index (κ1) is 21.0. The molecule has 1 aromatic heterocycles. The molecule has 2 N–H and O–H groups in total. The van der Waals surface area contributed by atoms with Gasteiger partial charge in [-0.2, -0.15) is 0 Å². The zero-order valence-corrected chi connectivity index (χ0v) is 18.6. The zero-order chi connectivity index (χ0) is 21.1. The summed E-state index contributed by atoms with van der Waals surface area (Å²) in [6.07, 6.45) is 3.63. The Morgan fingerprint density at radius 3 is 2.57 bits per heavy atom. The fourth-order valence-corrected chi connectivity index (χ4v) is 5.94. The van der Waals surface area contributed by atoms with Gasteiger partial charge in [0, 0.05) is 23.3 Å². The average molecular weight is 441 g/mol. The lowest BCUT2D eigenvalue weighted by molar-refractivity contribution is 0.0987. The second-order valence-electron chi connectivity index (χ2n) is 7.73. The van der Waals surface area contributed by atoms with E-state index in [9.17, 15) is 9.36 Å². The summed E-state index contributed by atoms with van der Waals surface area (Å²) in [6.45, 7) is 1.69. The molecule has 7 heteroatoms. The van der Waals surface area contributed by atoms with Crippen molar-refractivity contribution >= 4 is 30.3 Å². The third kappa shape index (κ3) is 4.90. The highest BCUT2D eigenvalue weighted by atomic mass is 32.1. The first-order valence-corrected chi connectivity index (χ1v) is 13.1. The predicted octanol–water partition coefficient (Wildman–Crippen LogP) is 5.91. The minimum atomic E-state index is -2.69. The molecule has 30 heavy (non-hydrogen) atoms. The summed E-state index contributed by atoms with van der Waals surface area (Å²) in [5.74, 6) is 5.84. The summed E-state index contributed by atoms with van der Waals surface area (Å²) < 4.78 is 18.5. The molecule has 5 nitrogen and oxygen atoms in total. The van der Waals surface area contributed by atoms with E-state index in [1.54, 1.807) is 30.1 Å². The molecule has 1 aliphatic rings. The number of benzene rings is 2. The number of amides is 1. The van der Waals surface area contributed by atoms with E-state index in [1.165, 1.54) is 0 Å². The van der Waals surface area contributed by atoms with Crippen LogP contribution in [-0.2, 0) is 15.3 Å². The second kappa shape index (κ2) is 8.86. The Labute approximate surface area is 180 Å². The van der Waals surface area contributed by atoms with Gasteiger partial charge in [0.1, 0.15) is 0 Å². The van der Waals surface area contributed by atoms with Gasteiger partial charge in [0.05, 0.1) is 11.8 Å². The number of hydrogen-bond acceptors (Lipinski definition) is 5. The van der Waals surface area contributed by atoms with Crippen molar-refractivity contribution < 1.29 is 13.9 Å². The van der Waals surface area contributed by atoms with Crippen molar-refractivity contribution in [3.63, 3.8) is 0 Å². The van der Waals surface area contributed by atoms with Crippen LogP contribution in [0, 0.1) is 0 Å². The molecule has 0 bridgehead atoms. The summed E-state index contributed by atoms with van der Waals surface area (Å²) in [7, 11) is -2.69. The van der Waals surface area contributed by atoms with E-state index in [0.717, 1.165) is 40.3 Å². The van der Waals surface area contributed by atoms with Crippen LogP contribution in [-0.4, -0.2) is 18.7 Å². The van der Waals surface area contributed by atoms with Crippen molar-refractivity contribution in [2.45, 2.75) is 31.5 Å². The third-order valence-corrected chi connectivity index (χ3v) is 7.85. The van der Waals surface area contributed by atoms with Crippen LogP contribution < -0.4 is 10.9 Å². The molecule has 1 aliphatic carbocycles. The topological polar surface area (TPSA) is 72.6 Å². The van der Waals surface area contributed by atoms with Gasteiger partial charge >= 0.3 is 0 Å². The highest BCUT2D eigenvalue weighted by molar-refractivity contribution is 7.57. The quantitative estimate of drug-likeness (QED) is 0.214. The molecule has 2 aromatic carbocycles. The van der Waals surface area contributed by atoms with Gasteiger partial charge in [-0.3, -0.25) is 9.36 Å². The number of hydrogen-bond donors (Lipinski definition) is 1. The molecule has 0 aliphatic heterocycles. The summed E-state index contributed by atoms with van der Waals surface area (Å²) >= 11 is 1.64. The largest absolute Gasteiger partial charge is 0.325 e. The van der Waals surface area contributed by atoms with E-state index in [2.05, 4.69) is 0 Å². The Morgan fingerprint density at radius 2 is 1.93 bits per heavy atom. The van der Waals surface area contributed by atoms with Gasteiger partial charge in [-0.15, -0.1) is 11.3 Å². The fraction of sp³-hybridized carbons (Fsp3) is 0.261. The normalized spacial score (nSPS) is 15.9. The number of rotatable bonds is 7. The maximum absolute atomic E-state index is 12.9. The van der Waals surface area contributed by atoms with Crippen LogP contribution in [0.2, 0.25) is 0 Å². The van der Waals surface area contributed by atoms with Crippen LogP contribution in [0.3, 0.4) is 0 Å². The molecule has 3 aromatic rings.